The molecule has 8 nitrogen and oxygen atoms in total. The van der Waals surface area contributed by atoms with Crippen LogP contribution in [0.3, 0.4) is 0 Å². The van der Waals surface area contributed by atoms with Crippen LogP contribution in [0.4, 0.5) is 0 Å². The summed E-state index contributed by atoms with van der Waals surface area (Å²) in [6.07, 6.45) is 2.94. The maximum absolute atomic E-state index is 7.71. The van der Waals surface area contributed by atoms with Crippen molar-refractivity contribution >= 4 is 11.4 Å². The Labute approximate surface area is 142 Å². The largest absolute Gasteiger partial charge is 0.487 e. The zero-order chi connectivity index (χ0) is 17.6. The summed E-state index contributed by atoms with van der Waals surface area (Å²) in [6, 6.07) is 0. The second kappa shape index (κ2) is 12.7. The molecule has 1 rings (SSSR count). The third-order valence-electron chi connectivity index (χ3n) is 2.92. The predicted octanol–water partition coefficient (Wildman–Crippen LogP) is 1.17. The van der Waals surface area contributed by atoms with Crippen molar-refractivity contribution in [3.05, 3.63) is 23.7 Å². The molecule has 0 bridgehead atoms. The van der Waals surface area contributed by atoms with Gasteiger partial charge in [-0.2, -0.15) is 0 Å². The van der Waals surface area contributed by atoms with Gasteiger partial charge in [0.25, 0.3) is 0 Å². The van der Waals surface area contributed by atoms with E-state index in [1.54, 1.807) is 14.2 Å². The van der Waals surface area contributed by atoms with Crippen LogP contribution in [0, 0.1) is 10.8 Å². The van der Waals surface area contributed by atoms with E-state index in [1.807, 2.05) is 0 Å². The molecule has 1 aliphatic rings. The van der Waals surface area contributed by atoms with Crippen molar-refractivity contribution in [3.8, 4) is 0 Å². The molecule has 0 saturated carbocycles. The molecule has 0 aliphatic heterocycles. The third kappa shape index (κ3) is 8.21. The average Bonchev–Trinajstić information content (AvgIpc) is 2.57. The average molecular weight is 342 g/mol. The predicted molar refractivity (Wildman–Crippen MR) is 88.9 cm³/mol. The number of nitrogens with one attached hydrogen (secondary N) is 2. The lowest BCUT2D eigenvalue weighted by molar-refractivity contribution is 0.0283. The molecule has 0 heterocycles. The fraction of sp³-hybridized carbons (Fsp3) is 0.625. The Morgan fingerprint density at radius 2 is 1.00 bits per heavy atom. The van der Waals surface area contributed by atoms with Gasteiger partial charge in [0, 0.05) is 26.4 Å². The van der Waals surface area contributed by atoms with E-state index >= 15 is 0 Å². The lowest BCUT2D eigenvalue weighted by Crippen LogP contribution is -2.19. The van der Waals surface area contributed by atoms with Gasteiger partial charge in [0.05, 0.1) is 51.1 Å². The van der Waals surface area contributed by atoms with Crippen molar-refractivity contribution in [1.29, 1.82) is 10.8 Å². The monoisotopic (exact) mass is 342 g/mol. The van der Waals surface area contributed by atoms with E-state index in [9.17, 15) is 0 Å². The summed E-state index contributed by atoms with van der Waals surface area (Å²) in [5.41, 5.74) is 0.156. The molecule has 24 heavy (non-hydrogen) atoms. The summed E-state index contributed by atoms with van der Waals surface area (Å²) >= 11 is 0. The van der Waals surface area contributed by atoms with Crippen molar-refractivity contribution < 1.29 is 28.4 Å². The lowest BCUT2D eigenvalue weighted by Gasteiger charge is -2.18. The van der Waals surface area contributed by atoms with E-state index in [1.165, 1.54) is 12.2 Å². The van der Waals surface area contributed by atoms with Gasteiger partial charge in [-0.3, -0.25) is 10.8 Å². The minimum atomic E-state index is 0.0778. The lowest BCUT2D eigenvalue weighted by atomic mass is 10.1. The maximum Gasteiger partial charge on any atom is 0.163 e. The van der Waals surface area contributed by atoms with Crippen molar-refractivity contribution in [2.75, 3.05) is 67.1 Å². The van der Waals surface area contributed by atoms with Crippen LogP contribution in [0.15, 0.2) is 23.7 Å². The molecular formula is C16H26N2O6. The molecule has 0 aromatic rings. The number of ether oxygens (including phenoxy) is 6. The maximum atomic E-state index is 7.71. The van der Waals surface area contributed by atoms with Crippen LogP contribution in [0.2, 0.25) is 0 Å². The fourth-order valence-corrected chi connectivity index (χ4v) is 1.70. The highest BCUT2D eigenvalue weighted by molar-refractivity contribution is 6.49. The summed E-state index contributed by atoms with van der Waals surface area (Å²) in [4.78, 5) is 0. The molecule has 0 unspecified atom stereocenters. The van der Waals surface area contributed by atoms with Crippen molar-refractivity contribution in [2.45, 2.75) is 0 Å². The highest BCUT2D eigenvalue weighted by Gasteiger charge is 2.18. The van der Waals surface area contributed by atoms with Crippen molar-refractivity contribution in [1.82, 2.24) is 0 Å². The first-order chi connectivity index (χ1) is 11.7. The van der Waals surface area contributed by atoms with Gasteiger partial charge in [0.15, 0.2) is 11.5 Å². The van der Waals surface area contributed by atoms with E-state index in [-0.39, 0.29) is 11.4 Å². The van der Waals surface area contributed by atoms with Crippen LogP contribution in [0.25, 0.3) is 0 Å². The van der Waals surface area contributed by atoms with E-state index < -0.39 is 0 Å². The SMILES string of the molecule is COCCOCCOC1=CC(=N)C(=N)C=C1OCCOCCOC. The van der Waals surface area contributed by atoms with Crippen LogP contribution >= 0.6 is 0 Å². The molecule has 0 spiro atoms. The second-order valence-corrected chi connectivity index (χ2v) is 4.75. The van der Waals surface area contributed by atoms with Crippen LogP contribution in [-0.2, 0) is 28.4 Å². The number of hydrogen-bond acceptors (Lipinski definition) is 8. The zero-order valence-electron chi connectivity index (χ0n) is 14.3. The molecule has 8 heteroatoms. The van der Waals surface area contributed by atoms with Crippen LogP contribution in [0.1, 0.15) is 0 Å². The Bertz CT molecular complexity index is 419. The minimum Gasteiger partial charge on any atom is -0.487 e. The van der Waals surface area contributed by atoms with E-state index in [0.29, 0.717) is 64.4 Å². The first kappa shape index (κ1) is 20.3. The topological polar surface area (TPSA) is 103 Å². The quantitative estimate of drug-likeness (QED) is 0.363. The molecule has 0 aromatic carbocycles. The van der Waals surface area contributed by atoms with Gasteiger partial charge < -0.3 is 28.4 Å². The van der Waals surface area contributed by atoms with E-state index in [4.69, 9.17) is 39.2 Å². The molecule has 2 N–H and O–H groups in total. The first-order valence-corrected chi connectivity index (χ1v) is 7.69. The summed E-state index contributed by atoms with van der Waals surface area (Å²) in [5.74, 6) is 0.839. The van der Waals surface area contributed by atoms with Gasteiger partial charge in [-0.25, -0.2) is 0 Å². The number of allylic oxidation sites excluding steroid dienone is 2. The second-order valence-electron chi connectivity index (χ2n) is 4.75. The molecule has 0 aromatic heterocycles. The fourth-order valence-electron chi connectivity index (χ4n) is 1.70. The van der Waals surface area contributed by atoms with Crippen LogP contribution in [-0.4, -0.2) is 78.5 Å². The van der Waals surface area contributed by atoms with Gasteiger partial charge in [-0.15, -0.1) is 0 Å². The summed E-state index contributed by atoms with van der Waals surface area (Å²) in [5, 5.41) is 15.4. The molecule has 0 saturated heterocycles. The standard InChI is InChI=1S/C16H26N2O6/c1-19-3-5-21-7-9-23-15-11-13(17)14(18)12-16(15)24-10-8-22-6-4-20-2/h11-12,17-18H,3-10H2,1-2H3. The Hall–Kier alpha value is -1.74. The Balaban J connectivity index is 2.36. The molecular weight excluding hydrogens is 316 g/mol. The molecule has 136 valence electrons. The van der Waals surface area contributed by atoms with Crippen molar-refractivity contribution in [2.24, 2.45) is 0 Å². The van der Waals surface area contributed by atoms with Gasteiger partial charge in [-0.05, 0) is 0 Å². The smallest absolute Gasteiger partial charge is 0.163 e. The van der Waals surface area contributed by atoms with Gasteiger partial charge in [0.2, 0.25) is 0 Å². The highest BCUT2D eigenvalue weighted by Crippen LogP contribution is 2.18. The molecule has 0 radical (unpaired) electrons. The van der Waals surface area contributed by atoms with E-state index in [0.717, 1.165) is 0 Å². The molecule has 0 fully saturated rings. The molecule has 0 amide bonds. The van der Waals surface area contributed by atoms with Crippen molar-refractivity contribution in [3.63, 3.8) is 0 Å². The van der Waals surface area contributed by atoms with Crippen LogP contribution in [0.5, 0.6) is 0 Å². The Morgan fingerprint density at radius 1 is 0.625 bits per heavy atom. The van der Waals surface area contributed by atoms with Gasteiger partial charge >= 0.3 is 0 Å². The number of rotatable bonds is 14. The van der Waals surface area contributed by atoms with Crippen LogP contribution < -0.4 is 0 Å². The number of methoxy groups -OCH3 is 2. The molecule has 1 aliphatic carbocycles. The summed E-state index contributed by atoms with van der Waals surface area (Å²) in [7, 11) is 3.22. The number of hydrogen-bond donors (Lipinski definition) is 2. The first-order valence-electron chi connectivity index (χ1n) is 7.69. The summed E-state index contributed by atoms with van der Waals surface area (Å²) < 4.78 is 31.6. The highest BCUT2D eigenvalue weighted by atomic mass is 16.6. The van der Waals surface area contributed by atoms with E-state index in [2.05, 4.69) is 0 Å². The Kier molecular flexibility index (Phi) is 10.7. The minimum absolute atomic E-state index is 0.0778. The van der Waals surface area contributed by atoms with Gasteiger partial charge in [-0.1, -0.05) is 0 Å². The zero-order valence-corrected chi connectivity index (χ0v) is 14.3. The Morgan fingerprint density at radius 3 is 1.38 bits per heavy atom. The third-order valence-corrected chi connectivity index (χ3v) is 2.92. The normalized spacial score (nSPS) is 14.4. The summed E-state index contributed by atoms with van der Waals surface area (Å²) in [6.45, 7) is 3.50. The van der Waals surface area contributed by atoms with Gasteiger partial charge in [0.1, 0.15) is 13.2 Å². The molecule has 0 atom stereocenters.